The molecule has 0 bridgehead atoms. The second-order valence-corrected chi connectivity index (χ2v) is 3.79. The van der Waals surface area contributed by atoms with Gasteiger partial charge >= 0.3 is 11.9 Å². The van der Waals surface area contributed by atoms with Gasteiger partial charge < -0.3 is 9.84 Å². The summed E-state index contributed by atoms with van der Waals surface area (Å²) in [6.07, 6.45) is 0. The molecule has 96 valence electrons. The van der Waals surface area contributed by atoms with Crippen LogP contribution in [0.2, 0.25) is 0 Å². The van der Waals surface area contributed by atoms with Gasteiger partial charge in [0.25, 0.3) is 0 Å². The van der Waals surface area contributed by atoms with Gasteiger partial charge in [-0.2, -0.15) is 0 Å². The smallest absolute Gasteiger partial charge is 0.356 e. The molecule has 0 atom stereocenters. The quantitative estimate of drug-likeness (QED) is 0.853. The first-order valence-electron chi connectivity index (χ1n) is 5.51. The van der Waals surface area contributed by atoms with Crippen molar-refractivity contribution in [3.05, 3.63) is 53.9 Å². The summed E-state index contributed by atoms with van der Waals surface area (Å²) in [6, 6.07) is 12.1. The van der Waals surface area contributed by atoms with Crippen LogP contribution < -0.4 is 0 Å². The van der Waals surface area contributed by atoms with Gasteiger partial charge in [-0.05, 0) is 23.3 Å². The fraction of sp³-hybridized carbons (Fsp3) is 0.0714. The number of aromatic nitrogens is 1. The van der Waals surface area contributed by atoms with Crippen LogP contribution in [0.1, 0.15) is 21.0 Å². The maximum Gasteiger partial charge on any atom is 0.356 e. The van der Waals surface area contributed by atoms with E-state index in [0.29, 0.717) is 5.56 Å². The molecule has 1 aromatic carbocycles. The third-order valence-corrected chi connectivity index (χ3v) is 2.55. The number of carboxylic acid groups (broad SMARTS) is 1. The number of pyridine rings is 1. The molecule has 1 aromatic heterocycles. The minimum atomic E-state index is -1.19. The van der Waals surface area contributed by atoms with Gasteiger partial charge in [0, 0.05) is 0 Å². The van der Waals surface area contributed by atoms with E-state index in [1.807, 2.05) is 30.3 Å². The van der Waals surface area contributed by atoms with E-state index in [1.165, 1.54) is 19.2 Å². The molecule has 0 aliphatic rings. The maximum atomic E-state index is 11.5. The fourth-order valence-electron chi connectivity index (χ4n) is 1.65. The van der Waals surface area contributed by atoms with Crippen LogP contribution in [-0.2, 0) is 4.74 Å². The lowest BCUT2D eigenvalue weighted by molar-refractivity contribution is 0.0593. The highest BCUT2D eigenvalue weighted by atomic mass is 16.5. The van der Waals surface area contributed by atoms with E-state index in [-0.39, 0.29) is 11.4 Å². The van der Waals surface area contributed by atoms with Crippen LogP contribution in [0.25, 0.3) is 11.1 Å². The molecule has 0 amide bonds. The van der Waals surface area contributed by atoms with Gasteiger partial charge in [0.2, 0.25) is 0 Å². The highest BCUT2D eigenvalue weighted by Crippen LogP contribution is 2.21. The summed E-state index contributed by atoms with van der Waals surface area (Å²) in [6.45, 7) is 0. The standard InChI is InChI=1S/C14H11NO4/c1-19-14(18)12-8-10(7-11(15-12)13(16)17)9-5-3-2-4-6-9/h2-8H,1H3,(H,16,17). The number of carbonyl (C=O) groups is 2. The van der Waals surface area contributed by atoms with Crippen molar-refractivity contribution in [2.75, 3.05) is 7.11 Å². The number of esters is 1. The Balaban J connectivity index is 2.58. The zero-order valence-corrected chi connectivity index (χ0v) is 10.2. The molecule has 0 saturated heterocycles. The molecule has 1 heterocycles. The summed E-state index contributed by atoms with van der Waals surface area (Å²) in [5.41, 5.74) is 1.19. The molecule has 5 nitrogen and oxygen atoms in total. The van der Waals surface area contributed by atoms with Crippen LogP contribution in [0.5, 0.6) is 0 Å². The number of hydrogen-bond acceptors (Lipinski definition) is 4. The van der Waals surface area contributed by atoms with Crippen molar-refractivity contribution in [3.8, 4) is 11.1 Å². The molecule has 2 aromatic rings. The van der Waals surface area contributed by atoms with E-state index in [4.69, 9.17) is 5.11 Å². The van der Waals surface area contributed by atoms with E-state index in [1.54, 1.807) is 0 Å². The van der Waals surface area contributed by atoms with E-state index in [0.717, 1.165) is 5.56 Å². The summed E-state index contributed by atoms with van der Waals surface area (Å²) < 4.78 is 4.57. The summed E-state index contributed by atoms with van der Waals surface area (Å²) in [4.78, 5) is 26.3. The third kappa shape index (κ3) is 2.77. The van der Waals surface area contributed by atoms with E-state index in [2.05, 4.69) is 9.72 Å². The van der Waals surface area contributed by atoms with E-state index >= 15 is 0 Å². The molecular formula is C14H11NO4. The molecule has 5 heteroatoms. The molecule has 0 saturated carbocycles. The number of ether oxygens (including phenoxy) is 1. The summed E-state index contributed by atoms with van der Waals surface area (Å²) >= 11 is 0. The Morgan fingerprint density at radius 1 is 1.05 bits per heavy atom. The number of carbonyl (C=O) groups excluding carboxylic acids is 1. The van der Waals surface area contributed by atoms with Crippen molar-refractivity contribution in [1.82, 2.24) is 4.98 Å². The second kappa shape index (κ2) is 5.30. The fourth-order valence-corrected chi connectivity index (χ4v) is 1.65. The lowest BCUT2D eigenvalue weighted by Gasteiger charge is -2.06. The van der Waals surface area contributed by atoms with Crippen molar-refractivity contribution in [2.24, 2.45) is 0 Å². The second-order valence-electron chi connectivity index (χ2n) is 3.79. The van der Waals surface area contributed by atoms with Gasteiger partial charge in [-0.3, -0.25) is 0 Å². The predicted molar refractivity (Wildman–Crippen MR) is 68.0 cm³/mol. The number of methoxy groups -OCH3 is 1. The molecule has 0 aliphatic carbocycles. The maximum absolute atomic E-state index is 11.5. The van der Waals surface area contributed by atoms with Gasteiger partial charge in [0.05, 0.1) is 7.11 Å². The molecule has 19 heavy (non-hydrogen) atoms. The largest absolute Gasteiger partial charge is 0.477 e. The lowest BCUT2D eigenvalue weighted by Crippen LogP contribution is -2.09. The van der Waals surface area contributed by atoms with Crippen molar-refractivity contribution in [1.29, 1.82) is 0 Å². The highest BCUT2D eigenvalue weighted by Gasteiger charge is 2.15. The Bertz CT molecular complexity index is 623. The molecule has 0 radical (unpaired) electrons. The summed E-state index contributed by atoms with van der Waals surface area (Å²) in [5.74, 6) is -1.86. The van der Waals surface area contributed by atoms with E-state index in [9.17, 15) is 9.59 Å². The first kappa shape index (κ1) is 12.8. The third-order valence-electron chi connectivity index (χ3n) is 2.55. The Kier molecular flexibility index (Phi) is 3.56. The molecular weight excluding hydrogens is 246 g/mol. The van der Waals surface area contributed by atoms with Gasteiger partial charge in [-0.25, -0.2) is 14.6 Å². The monoisotopic (exact) mass is 257 g/mol. The zero-order valence-electron chi connectivity index (χ0n) is 10.2. The number of aromatic carboxylic acids is 1. The molecule has 0 aliphatic heterocycles. The van der Waals surface area contributed by atoms with Crippen LogP contribution in [-0.4, -0.2) is 29.1 Å². The minimum absolute atomic E-state index is 0.0266. The van der Waals surface area contributed by atoms with Crippen LogP contribution in [0.4, 0.5) is 0 Å². The number of nitrogens with zero attached hydrogens (tertiary/aromatic N) is 1. The van der Waals surface area contributed by atoms with E-state index < -0.39 is 11.9 Å². The SMILES string of the molecule is COC(=O)c1cc(-c2ccccc2)cc(C(=O)O)n1. The number of benzene rings is 1. The molecule has 2 rings (SSSR count). The van der Waals surface area contributed by atoms with Crippen molar-refractivity contribution in [3.63, 3.8) is 0 Å². The lowest BCUT2D eigenvalue weighted by atomic mass is 10.0. The number of rotatable bonds is 3. The molecule has 0 fully saturated rings. The first-order valence-corrected chi connectivity index (χ1v) is 5.51. The van der Waals surface area contributed by atoms with Gasteiger partial charge in [-0.15, -0.1) is 0 Å². The predicted octanol–water partition coefficient (Wildman–Crippen LogP) is 2.23. The Morgan fingerprint density at radius 2 is 1.68 bits per heavy atom. The van der Waals surface area contributed by atoms with Gasteiger partial charge in [0.1, 0.15) is 11.4 Å². The van der Waals surface area contributed by atoms with Gasteiger partial charge in [0.15, 0.2) is 0 Å². The van der Waals surface area contributed by atoms with Gasteiger partial charge in [-0.1, -0.05) is 30.3 Å². The normalized spacial score (nSPS) is 9.95. The highest BCUT2D eigenvalue weighted by molar-refractivity contribution is 5.93. The number of hydrogen-bond donors (Lipinski definition) is 1. The van der Waals surface area contributed by atoms with Crippen LogP contribution >= 0.6 is 0 Å². The minimum Gasteiger partial charge on any atom is -0.477 e. The summed E-state index contributed by atoms with van der Waals surface area (Å²) in [7, 11) is 1.22. The topological polar surface area (TPSA) is 76.5 Å². The van der Waals surface area contributed by atoms with Crippen molar-refractivity contribution in [2.45, 2.75) is 0 Å². The van der Waals surface area contributed by atoms with Crippen LogP contribution in [0.15, 0.2) is 42.5 Å². The van der Waals surface area contributed by atoms with Crippen molar-refractivity contribution >= 4 is 11.9 Å². The van der Waals surface area contributed by atoms with Crippen LogP contribution in [0.3, 0.4) is 0 Å². The Labute approximate surface area is 109 Å². The Morgan fingerprint density at radius 3 is 2.26 bits per heavy atom. The van der Waals surface area contributed by atoms with Crippen LogP contribution in [0, 0.1) is 0 Å². The average Bonchev–Trinajstić information content (AvgIpc) is 2.46. The van der Waals surface area contributed by atoms with Crippen molar-refractivity contribution < 1.29 is 19.4 Å². The Hall–Kier alpha value is -2.69. The molecule has 1 N–H and O–H groups in total. The molecule has 0 spiro atoms. The number of carboxylic acids is 1. The summed E-state index contributed by atoms with van der Waals surface area (Å²) in [5, 5.41) is 9.02. The zero-order chi connectivity index (χ0) is 13.8. The average molecular weight is 257 g/mol. The molecule has 0 unspecified atom stereocenters. The first-order chi connectivity index (χ1) is 9.11.